The fourth-order valence-corrected chi connectivity index (χ4v) is 1.10. The molecule has 0 bridgehead atoms. The van der Waals surface area contributed by atoms with Crippen LogP contribution in [0.4, 0.5) is 0 Å². The zero-order valence-corrected chi connectivity index (χ0v) is 9.10. The van der Waals surface area contributed by atoms with Crippen molar-refractivity contribution in [2.24, 2.45) is 5.92 Å². The van der Waals surface area contributed by atoms with Crippen molar-refractivity contribution < 1.29 is 9.21 Å². The van der Waals surface area contributed by atoms with Gasteiger partial charge in [0.25, 0.3) is 5.91 Å². The van der Waals surface area contributed by atoms with Crippen molar-refractivity contribution >= 4 is 17.5 Å². The highest BCUT2D eigenvalue weighted by Gasteiger charge is 2.10. The first-order valence-electron chi connectivity index (χ1n) is 4.56. The van der Waals surface area contributed by atoms with E-state index < -0.39 is 0 Å². The summed E-state index contributed by atoms with van der Waals surface area (Å²) in [6.45, 7) is 4.72. The maximum atomic E-state index is 11.4. The molecule has 0 saturated heterocycles. The molecule has 0 fully saturated rings. The normalized spacial score (nSPS) is 10.6. The summed E-state index contributed by atoms with van der Waals surface area (Å²) >= 11 is 5.55. The van der Waals surface area contributed by atoms with Gasteiger partial charge in [-0.3, -0.25) is 4.79 Å². The molecule has 0 aliphatic heterocycles. The summed E-state index contributed by atoms with van der Waals surface area (Å²) in [5, 5.41) is 2.76. The molecular weight excluding hydrogens is 202 g/mol. The molecule has 0 atom stereocenters. The van der Waals surface area contributed by atoms with Crippen LogP contribution in [0.15, 0.2) is 16.5 Å². The molecular formula is C10H14ClNO2. The molecule has 0 radical (unpaired) electrons. The van der Waals surface area contributed by atoms with Crippen molar-refractivity contribution in [1.82, 2.24) is 5.32 Å². The number of carbonyl (C=O) groups excluding carboxylic acids is 1. The lowest BCUT2D eigenvalue weighted by atomic mass is 10.2. The van der Waals surface area contributed by atoms with Gasteiger partial charge in [-0.1, -0.05) is 13.8 Å². The van der Waals surface area contributed by atoms with Crippen LogP contribution in [0, 0.1) is 5.92 Å². The zero-order valence-electron chi connectivity index (χ0n) is 8.34. The summed E-state index contributed by atoms with van der Waals surface area (Å²) in [6, 6.07) is 3.34. The predicted octanol–water partition coefficient (Wildman–Crippen LogP) is 2.40. The Kier molecular flexibility index (Phi) is 4.01. The second-order valence-corrected chi connectivity index (χ2v) is 3.77. The van der Waals surface area contributed by atoms with Gasteiger partial charge >= 0.3 is 0 Å². The van der Waals surface area contributed by atoms with Gasteiger partial charge in [-0.25, -0.2) is 0 Å². The Morgan fingerprint density at radius 1 is 1.57 bits per heavy atom. The predicted molar refractivity (Wildman–Crippen MR) is 55.4 cm³/mol. The first kappa shape index (κ1) is 11.1. The third kappa shape index (κ3) is 3.07. The molecule has 1 aromatic rings. The Hall–Kier alpha value is -0.960. The van der Waals surface area contributed by atoms with Crippen molar-refractivity contribution in [3.63, 3.8) is 0 Å². The van der Waals surface area contributed by atoms with E-state index in [9.17, 15) is 4.79 Å². The van der Waals surface area contributed by atoms with Crippen molar-refractivity contribution in [2.75, 3.05) is 6.54 Å². The van der Waals surface area contributed by atoms with Crippen molar-refractivity contribution in [3.05, 3.63) is 23.7 Å². The molecule has 1 aromatic heterocycles. The van der Waals surface area contributed by atoms with Gasteiger partial charge < -0.3 is 9.73 Å². The first-order valence-corrected chi connectivity index (χ1v) is 5.09. The van der Waals surface area contributed by atoms with E-state index in [1.165, 1.54) is 0 Å². The number of carbonyl (C=O) groups is 1. The third-order valence-electron chi connectivity index (χ3n) is 1.69. The highest BCUT2D eigenvalue weighted by atomic mass is 35.5. The fraction of sp³-hybridized carbons (Fsp3) is 0.500. The van der Waals surface area contributed by atoms with E-state index >= 15 is 0 Å². The summed E-state index contributed by atoms with van der Waals surface area (Å²) in [4.78, 5) is 11.4. The van der Waals surface area contributed by atoms with Gasteiger partial charge in [0.05, 0.1) is 5.88 Å². The van der Waals surface area contributed by atoms with Gasteiger partial charge in [0.1, 0.15) is 5.76 Å². The molecule has 1 N–H and O–H groups in total. The fourth-order valence-electron chi connectivity index (χ4n) is 0.956. The van der Waals surface area contributed by atoms with E-state index in [-0.39, 0.29) is 11.8 Å². The third-order valence-corrected chi connectivity index (χ3v) is 1.95. The van der Waals surface area contributed by atoms with Crippen molar-refractivity contribution in [1.29, 1.82) is 0 Å². The average Bonchev–Trinajstić information content (AvgIpc) is 2.62. The molecule has 14 heavy (non-hydrogen) atoms. The van der Waals surface area contributed by atoms with Crippen LogP contribution >= 0.6 is 11.6 Å². The molecule has 0 aliphatic rings. The van der Waals surface area contributed by atoms with Gasteiger partial charge in [-0.05, 0) is 18.1 Å². The van der Waals surface area contributed by atoms with Crippen molar-refractivity contribution in [2.45, 2.75) is 19.7 Å². The van der Waals surface area contributed by atoms with Crippen LogP contribution < -0.4 is 5.32 Å². The minimum Gasteiger partial charge on any atom is -0.455 e. The van der Waals surface area contributed by atoms with Crippen LogP contribution in [-0.4, -0.2) is 12.5 Å². The van der Waals surface area contributed by atoms with E-state index in [4.69, 9.17) is 16.0 Å². The molecule has 0 aromatic carbocycles. The summed E-state index contributed by atoms with van der Waals surface area (Å²) in [7, 11) is 0. The lowest BCUT2D eigenvalue weighted by Crippen LogP contribution is -2.26. The maximum absolute atomic E-state index is 11.4. The summed E-state index contributed by atoms with van der Waals surface area (Å²) in [5.41, 5.74) is 0. The van der Waals surface area contributed by atoms with E-state index in [1.54, 1.807) is 12.1 Å². The van der Waals surface area contributed by atoms with Gasteiger partial charge in [-0.2, -0.15) is 0 Å². The van der Waals surface area contributed by atoms with Crippen LogP contribution in [-0.2, 0) is 5.88 Å². The Balaban J connectivity index is 2.52. The van der Waals surface area contributed by atoms with Crippen LogP contribution in [0.25, 0.3) is 0 Å². The largest absolute Gasteiger partial charge is 0.455 e. The maximum Gasteiger partial charge on any atom is 0.287 e. The highest BCUT2D eigenvalue weighted by molar-refractivity contribution is 6.16. The topological polar surface area (TPSA) is 42.2 Å². The molecule has 1 rings (SSSR count). The number of amides is 1. The summed E-state index contributed by atoms with van der Waals surface area (Å²) in [6.07, 6.45) is 0. The molecule has 1 amide bonds. The SMILES string of the molecule is CC(C)CNC(=O)c1ccc(CCl)o1. The lowest BCUT2D eigenvalue weighted by molar-refractivity contribution is 0.0920. The molecule has 0 saturated carbocycles. The smallest absolute Gasteiger partial charge is 0.287 e. The van der Waals surface area contributed by atoms with Gasteiger partial charge in [0.15, 0.2) is 5.76 Å². The summed E-state index contributed by atoms with van der Waals surface area (Å²) in [5.74, 6) is 1.47. The molecule has 78 valence electrons. The molecule has 0 spiro atoms. The van der Waals surface area contributed by atoms with Crippen LogP contribution in [0.2, 0.25) is 0 Å². The number of hydrogen-bond donors (Lipinski definition) is 1. The Bertz CT molecular complexity index is 307. The second kappa shape index (κ2) is 5.05. The standard InChI is InChI=1S/C10H14ClNO2/c1-7(2)6-12-10(13)9-4-3-8(5-11)14-9/h3-4,7H,5-6H2,1-2H3,(H,12,13). The van der Waals surface area contributed by atoms with Gasteiger partial charge in [0, 0.05) is 6.54 Å². The van der Waals surface area contributed by atoms with E-state index in [0.717, 1.165) is 0 Å². The number of rotatable bonds is 4. The van der Waals surface area contributed by atoms with Gasteiger partial charge in [0.2, 0.25) is 0 Å². The lowest BCUT2D eigenvalue weighted by Gasteiger charge is -2.05. The molecule has 4 heteroatoms. The van der Waals surface area contributed by atoms with E-state index in [0.29, 0.717) is 24.0 Å². The van der Waals surface area contributed by atoms with Crippen LogP contribution in [0.3, 0.4) is 0 Å². The minimum atomic E-state index is -0.185. The average molecular weight is 216 g/mol. The Morgan fingerprint density at radius 2 is 2.29 bits per heavy atom. The van der Waals surface area contributed by atoms with E-state index in [2.05, 4.69) is 5.32 Å². The molecule has 1 heterocycles. The molecule has 3 nitrogen and oxygen atoms in total. The summed E-state index contributed by atoms with van der Waals surface area (Å²) < 4.78 is 5.18. The van der Waals surface area contributed by atoms with Crippen LogP contribution in [0.5, 0.6) is 0 Å². The number of alkyl halides is 1. The van der Waals surface area contributed by atoms with E-state index in [1.807, 2.05) is 13.8 Å². The monoisotopic (exact) mass is 215 g/mol. The number of halogens is 1. The number of nitrogens with one attached hydrogen (secondary N) is 1. The molecule has 0 aliphatic carbocycles. The zero-order chi connectivity index (χ0) is 10.6. The first-order chi connectivity index (χ1) is 6.63. The minimum absolute atomic E-state index is 0.185. The second-order valence-electron chi connectivity index (χ2n) is 3.50. The quantitative estimate of drug-likeness (QED) is 0.784. The Morgan fingerprint density at radius 3 is 2.79 bits per heavy atom. The highest BCUT2D eigenvalue weighted by Crippen LogP contribution is 2.09. The van der Waals surface area contributed by atoms with Crippen LogP contribution in [0.1, 0.15) is 30.2 Å². The van der Waals surface area contributed by atoms with Crippen molar-refractivity contribution in [3.8, 4) is 0 Å². The molecule has 0 unspecified atom stereocenters. The number of furan rings is 1. The van der Waals surface area contributed by atoms with Gasteiger partial charge in [-0.15, -0.1) is 11.6 Å². The Labute approximate surface area is 88.4 Å². The number of hydrogen-bond acceptors (Lipinski definition) is 2.